The van der Waals surface area contributed by atoms with Gasteiger partial charge in [-0.3, -0.25) is 9.59 Å². The van der Waals surface area contributed by atoms with Crippen LogP contribution in [-0.4, -0.2) is 62.7 Å². The number of hydrogen-bond acceptors (Lipinski definition) is 4. The predicted molar refractivity (Wildman–Crippen MR) is 90.9 cm³/mol. The second-order valence-electron chi connectivity index (χ2n) is 6.42. The first-order valence-electron chi connectivity index (χ1n) is 8.76. The van der Waals surface area contributed by atoms with E-state index < -0.39 is 11.7 Å². The lowest BCUT2D eigenvalue weighted by Gasteiger charge is -2.27. The Morgan fingerprint density at radius 2 is 2.12 bits per heavy atom. The summed E-state index contributed by atoms with van der Waals surface area (Å²) in [7, 11) is 0. The van der Waals surface area contributed by atoms with Crippen molar-refractivity contribution in [1.82, 2.24) is 15.5 Å². The monoisotopic (exact) mass is 349 g/mol. The maximum absolute atomic E-state index is 14.6. The highest BCUT2D eigenvalue weighted by atomic mass is 19.1. The third-order valence-corrected chi connectivity index (χ3v) is 4.82. The van der Waals surface area contributed by atoms with Crippen molar-refractivity contribution in [3.8, 4) is 0 Å². The van der Waals surface area contributed by atoms with Gasteiger partial charge in [0.15, 0.2) is 0 Å². The normalized spacial score (nSPS) is 23.6. The lowest BCUT2D eigenvalue weighted by Crippen LogP contribution is -2.46. The highest BCUT2D eigenvalue weighted by molar-refractivity contribution is 5.95. The Kier molecular flexibility index (Phi) is 5.65. The molecule has 0 aromatic heterocycles. The maximum Gasteiger partial charge on any atom is 0.256 e. The van der Waals surface area contributed by atoms with E-state index in [2.05, 4.69) is 10.6 Å². The molecule has 2 atom stereocenters. The molecule has 136 valence electrons. The van der Waals surface area contributed by atoms with Gasteiger partial charge in [-0.1, -0.05) is 6.07 Å². The van der Waals surface area contributed by atoms with E-state index in [1.165, 1.54) is 12.1 Å². The van der Waals surface area contributed by atoms with E-state index in [1.54, 1.807) is 11.0 Å². The van der Waals surface area contributed by atoms with Gasteiger partial charge < -0.3 is 20.3 Å². The van der Waals surface area contributed by atoms with Gasteiger partial charge in [0.05, 0.1) is 18.1 Å². The molecule has 7 heteroatoms. The Hall–Kier alpha value is -1.99. The van der Waals surface area contributed by atoms with E-state index >= 15 is 0 Å². The molecule has 2 aliphatic rings. The van der Waals surface area contributed by atoms with Crippen molar-refractivity contribution in [2.75, 3.05) is 45.9 Å². The van der Waals surface area contributed by atoms with Gasteiger partial charge in [-0.15, -0.1) is 0 Å². The number of nitrogens with one attached hydrogen (secondary N) is 2. The molecule has 2 fully saturated rings. The summed E-state index contributed by atoms with van der Waals surface area (Å²) in [6.45, 7) is 6.01. The van der Waals surface area contributed by atoms with Crippen molar-refractivity contribution >= 4 is 11.8 Å². The molecule has 2 aliphatic heterocycles. The minimum absolute atomic E-state index is 0.0263. The smallest absolute Gasteiger partial charge is 0.256 e. The summed E-state index contributed by atoms with van der Waals surface area (Å²) < 4.78 is 20.0. The number of hydrogen-bond donors (Lipinski definition) is 2. The quantitative estimate of drug-likeness (QED) is 0.823. The SMILES string of the molecule is CCOCC1CNC(=O)[C@H]1c1ccc(C(=O)N2CCNCC2)c(F)c1. The van der Waals surface area contributed by atoms with Crippen molar-refractivity contribution in [2.24, 2.45) is 5.92 Å². The summed E-state index contributed by atoms with van der Waals surface area (Å²) >= 11 is 0. The minimum Gasteiger partial charge on any atom is -0.381 e. The number of amides is 2. The van der Waals surface area contributed by atoms with Crippen molar-refractivity contribution in [3.63, 3.8) is 0 Å². The van der Waals surface area contributed by atoms with Crippen LogP contribution in [0.5, 0.6) is 0 Å². The summed E-state index contributed by atoms with van der Waals surface area (Å²) in [5.41, 5.74) is 0.652. The number of carbonyl (C=O) groups excluding carboxylic acids is 2. The third-order valence-electron chi connectivity index (χ3n) is 4.82. The number of carbonyl (C=O) groups is 2. The van der Waals surface area contributed by atoms with Gasteiger partial charge in [0.2, 0.25) is 5.91 Å². The van der Waals surface area contributed by atoms with Gasteiger partial charge in [0, 0.05) is 45.2 Å². The summed E-state index contributed by atoms with van der Waals surface area (Å²) in [6.07, 6.45) is 0. The van der Waals surface area contributed by atoms with Crippen LogP contribution in [0.1, 0.15) is 28.8 Å². The number of rotatable bonds is 5. The largest absolute Gasteiger partial charge is 0.381 e. The second kappa shape index (κ2) is 7.93. The predicted octanol–water partition coefficient (Wildman–Crippen LogP) is 0.737. The fraction of sp³-hybridized carbons (Fsp3) is 0.556. The number of ether oxygens (including phenoxy) is 1. The van der Waals surface area contributed by atoms with Crippen molar-refractivity contribution in [1.29, 1.82) is 0 Å². The van der Waals surface area contributed by atoms with Crippen LogP contribution in [0, 0.1) is 11.7 Å². The molecule has 0 spiro atoms. The molecule has 1 unspecified atom stereocenters. The van der Waals surface area contributed by atoms with Crippen LogP contribution in [0.2, 0.25) is 0 Å². The molecule has 6 nitrogen and oxygen atoms in total. The molecule has 2 saturated heterocycles. The number of benzene rings is 1. The Balaban J connectivity index is 1.78. The van der Waals surface area contributed by atoms with Gasteiger partial charge in [0.25, 0.3) is 5.91 Å². The first-order chi connectivity index (χ1) is 12.1. The minimum atomic E-state index is -0.573. The summed E-state index contributed by atoms with van der Waals surface area (Å²) in [5.74, 6) is -1.46. The lowest BCUT2D eigenvalue weighted by molar-refractivity contribution is -0.120. The van der Waals surface area contributed by atoms with E-state index in [4.69, 9.17) is 4.74 Å². The van der Waals surface area contributed by atoms with Gasteiger partial charge in [-0.2, -0.15) is 0 Å². The van der Waals surface area contributed by atoms with Crippen molar-refractivity contribution in [2.45, 2.75) is 12.8 Å². The molecule has 2 N–H and O–H groups in total. The fourth-order valence-electron chi connectivity index (χ4n) is 3.46. The number of piperazine rings is 1. The molecule has 0 radical (unpaired) electrons. The van der Waals surface area contributed by atoms with Crippen LogP contribution in [0.4, 0.5) is 4.39 Å². The molecule has 1 aromatic carbocycles. The summed E-state index contributed by atoms with van der Waals surface area (Å²) in [4.78, 5) is 26.3. The zero-order valence-corrected chi connectivity index (χ0v) is 14.4. The molecule has 0 saturated carbocycles. The Morgan fingerprint density at radius 3 is 2.80 bits per heavy atom. The molecule has 25 heavy (non-hydrogen) atoms. The molecule has 1 aromatic rings. The highest BCUT2D eigenvalue weighted by Gasteiger charge is 2.36. The van der Waals surface area contributed by atoms with Crippen LogP contribution in [0.15, 0.2) is 18.2 Å². The lowest BCUT2D eigenvalue weighted by atomic mass is 9.88. The van der Waals surface area contributed by atoms with E-state index in [0.717, 1.165) is 0 Å². The Labute approximate surface area is 146 Å². The molecule has 0 bridgehead atoms. The van der Waals surface area contributed by atoms with Gasteiger partial charge in [0.1, 0.15) is 5.82 Å². The molecular formula is C18H24FN3O3. The molecule has 0 aliphatic carbocycles. The topological polar surface area (TPSA) is 70.7 Å². The van der Waals surface area contributed by atoms with Crippen molar-refractivity contribution in [3.05, 3.63) is 35.1 Å². The second-order valence-corrected chi connectivity index (χ2v) is 6.42. The zero-order valence-electron chi connectivity index (χ0n) is 14.4. The first-order valence-corrected chi connectivity index (χ1v) is 8.76. The molecule has 2 amide bonds. The van der Waals surface area contributed by atoms with Crippen LogP contribution < -0.4 is 10.6 Å². The van der Waals surface area contributed by atoms with Crippen LogP contribution in [0.25, 0.3) is 0 Å². The number of halogens is 1. The maximum atomic E-state index is 14.6. The fourth-order valence-corrected chi connectivity index (χ4v) is 3.46. The van der Waals surface area contributed by atoms with Gasteiger partial charge in [-0.05, 0) is 24.6 Å². The summed E-state index contributed by atoms with van der Waals surface area (Å²) in [6, 6.07) is 4.51. The van der Waals surface area contributed by atoms with Crippen LogP contribution in [-0.2, 0) is 9.53 Å². The van der Waals surface area contributed by atoms with E-state index in [9.17, 15) is 14.0 Å². The van der Waals surface area contributed by atoms with Crippen LogP contribution >= 0.6 is 0 Å². The van der Waals surface area contributed by atoms with Gasteiger partial charge in [-0.25, -0.2) is 4.39 Å². The Bertz CT molecular complexity index is 646. The molecule has 2 heterocycles. The summed E-state index contributed by atoms with van der Waals surface area (Å²) in [5, 5.41) is 5.98. The highest BCUT2D eigenvalue weighted by Crippen LogP contribution is 2.30. The zero-order chi connectivity index (χ0) is 17.8. The molecular weight excluding hydrogens is 325 g/mol. The third kappa shape index (κ3) is 3.82. The molecule has 3 rings (SSSR count). The van der Waals surface area contributed by atoms with E-state index in [-0.39, 0.29) is 23.3 Å². The van der Waals surface area contributed by atoms with E-state index in [1.807, 2.05) is 6.92 Å². The van der Waals surface area contributed by atoms with Gasteiger partial charge >= 0.3 is 0 Å². The first kappa shape index (κ1) is 17.8. The number of nitrogens with zero attached hydrogens (tertiary/aromatic N) is 1. The van der Waals surface area contributed by atoms with E-state index in [0.29, 0.717) is 51.5 Å². The van der Waals surface area contributed by atoms with Crippen LogP contribution in [0.3, 0.4) is 0 Å². The Morgan fingerprint density at radius 1 is 1.36 bits per heavy atom. The standard InChI is InChI=1S/C18H24FN3O3/c1-2-25-11-13-10-21-17(23)16(13)12-3-4-14(15(19)9-12)18(24)22-7-5-20-6-8-22/h3-4,9,13,16,20H,2,5-8,10-11H2,1H3,(H,21,23)/t13?,16-/m0/s1. The average Bonchev–Trinajstić information content (AvgIpc) is 3.00. The average molecular weight is 349 g/mol. The van der Waals surface area contributed by atoms with Crippen molar-refractivity contribution < 1.29 is 18.7 Å².